The maximum atomic E-state index is 11.1. The zero-order valence-corrected chi connectivity index (χ0v) is 13.7. The highest BCUT2D eigenvalue weighted by Crippen LogP contribution is 2.31. The second kappa shape index (κ2) is 7.05. The van der Waals surface area contributed by atoms with Gasteiger partial charge < -0.3 is 9.47 Å². The van der Waals surface area contributed by atoms with Crippen molar-refractivity contribution in [2.75, 3.05) is 18.6 Å². The van der Waals surface area contributed by atoms with Crippen LogP contribution in [0.2, 0.25) is 0 Å². The van der Waals surface area contributed by atoms with Gasteiger partial charge in [-0.3, -0.25) is 25.7 Å². The highest BCUT2D eigenvalue weighted by molar-refractivity contribution is 5.99. The number of anilines is 1. The summed E-state index contributed by atoms with van der Waals surface area (Å²) in [4.78, 5) is 20.5. The number of ether oxygens (including phenoxy) is 2. The average molecular weight is 358 g/mol. The van der Waals surface area contributed by atoms with Gasteiger partial charge in [0.2, 0.25) is 0 Å². The van der Waals surface area contributed by atoms with Crippen LogP contribution in [0.15, 0.2) is 41.5 Å². The fourth-order valence-corrected chi connectivity index (χ4v) is 2.36. The molecule has 1 N–H and O–H groups in total. The summed E-state index contributed by atoms with van der Waals surface area (Å²) in [5.74, 6) is 1.25. The predicted octanol–water partition coefficient (Wildman–Crippen LogP) is 3.11. The zero-order valence-electron chi connectivity index (χ0n) is 13.7. The van der Waals surface area contributed by atoms with Crippen LogP contribution < -0.4 is 14.9 Å². The molecular formula is C16H14N4O6. The summed E-state index contributed by atoms with van der Waals surface area (Å²) in [5.41, 5.74) is 3.14. The van der Waals surface area contributed by atoms with E-state index in [2.05, 4.69) is 10.5 Å². The summed E-state index contributed by atoms with van der Waals surface area (Å²) >= 11 is 0. The van der Waals surface area contributed by atoms with Crippen LogP contribution in [0.3, 0.4) is 0 Å². The van der Waals surface area contributed by atoms with Gasteiger partial charge in [0.15, 0.2) is 11.5 Å². The maximum Gasteiger partial charge on any atom is 0.301 e. The molecule has 0 aromatic heterocycles. The van der Waals surface area contributed by atoms with Gasteiger partial charge in [-0.2, -0.15) is 5.10 Å². The first kappa shape index (κ1) is 17.1. The molecule has 10 nitrogen and oxygen atoms in total. The van der Waals surface area contributed by atoms with Crippen LogP contribution in [-0.2, 0) is 0 Å². The van der Waals surface area contributed by atoms with Crippen LogP contribution in [-0.4, -0.2) is 28.8 Å². The highest BCUT2D eigenvalue weighted by atomic mass is 16.6. The third-order valence-electron chi connectivity index (χ3n) is 3.69. The number of nitrogens with one attached hydrogen (secondary N) is 1. The number of hydrazone groups is 1. The first-order valence-corrected chi connectivity index (χ1v) is 7.59. The van der Waals surface area contributed by atoms with E-state index in [0.717, 1.165) is 11.6 Å². The Kier molecular flexibility index (Phi) is 4.65. The average Bonchev–Trinajstić information content (AvgIpc) is 2.65. The standard InChI is InChI=1S/C16H14N4O6/c1-10(11-2-5-15-16(8-11)26-7-6-25-15)17-18-13-4-3-12(19(21)22)9-14(13)20(23)24/h2-5,8-9,18H,6-7H2,1H3. The Hall–Kier alpha value is -3.69. The minimum Gasteiger partial charge on any atom is -0.486 e. The van der Waals surface area contributed by atoms with Gasteiger partial charge in [-0.05, 0) is 31.2 Å². The van der Waals surface area contributed by atoms with E-state index in [1.54, 1.807) is 25.1 Å². The fraction of sp³-hybridized carbons (Fsp3) is 0.188. The van der Waals surface area contributed by atoms with Crippen molar-refractivity contribution in [3.63, 3.8) is 0 Å². The molecule has 1 aliphatic rings. The van der Waals surface area contributed by atoms with E-state index in [-0.39, 0.29) is 11.4 Å². The van der Waals surface area contributed by atoms with Gasteiger partial charge >= 0.3 is 5.69 Å². The molecule has 0 radical (unpaired) electrons. The molecule has 0 spiro atoms. The third kappa shape index (κ3) is 3.53. The number of non-ortho nitro benzene ring substituents is 1. The van der Waals surface area contributed by atoms with Gasteiger partial charge in [0.25, 0.3) is 5.69 Å². The lowest BCUT2D eigenvalue weighted by molar-refractivity contribution is -0.393. The molecule has 0 amide bonds. The second-order valence-corrected chi connectivity index (χ2v) is 5.38. The summed E-state index contributed by atoms with van der Waals surface area (Å²) < 4.78 is 11.0. The molecule has 2 aromatic carbocycles. The smallest absolute Gasteiger partial charge is 0.301 e. The van der Waals surface area contributed by atoms with Crippen molar-refractivity contribution in [3.05, 3.63) is 62.2 Å². The molecule has 26 heavy (non-hydrogen) atoms. The summed E-state index contributed by atoms with van der Waals surface area (Å²) in [6.45, 7) is 2.67. The van der Waals surface area contributed by atoms with Gasteiger partial charge in [0.05, 0.1) is 21.6 Å². The van der Waals surface area contributed by atoms with Crippen LogP contribution in [0, 0.1) is 20.2 Å². The Bertz CT molecular complexity index is 912. The van der Waals surface area contributed by atoms with E-state index in [4.69, 9.17) is 9.47 Å². The van der Waals surface area contributed by atoms with E-state index in [9.17, 15) is 20.2 Å². The van der Waals surface area contributed by atoms with Crippen molar-refractivity contribution in [3.8, 4) is 11.5 Å². The van der Waals surface area contributed by atoms with Gasteiger partial charge in [-0.15, -0.1) is 0 Å². The molecule has 0 fully saturated rings. The maximum absolute atomic E-state index is 11.1. The molecule has 0 aliphatic carbocycles. The Morgan fingerprint density at radius 2 is 1.77 bits per heavy atom. The van der Waals surface area contributed by atoms with Crippen LogP contribution in [0.1, 0.15) is 12.5 Å². The summed E-state index contributed by atoms with van der Waals surface area (Å²) in [6.07, 6.45) is 0. The first-order chi connectivity index (χ1) is 12.5. The number of nitrogens with zero attached hydrogens (tertiary/aromatic N) is 3. The molecule has 0 saturated carbocycles. The van der Waals surface area contributed by atoms with Crippen molar-refractivity contribution in [1.82, 2.24) is 0 Å². The molecule has 0 saturated heterocycles. The topological polar surface area (TPSA) is 129 Å². The van der Waals surface area contributed by atoms with Crippen molar-refractivity contribution in [1.29, 1.82) is 0 Å². The molecule has 0 unspecified atom stereocenters. The summed E-state index contributed by atoms with van der Waals surface area (Å²) in [5, 5.41) is 26.0. The molecule has 1 heterocycles. The highest BCUT2D eigenvalue weighted by Gasteiger charge is 2.19. The largest absolute Gasteiger partial charge is 0.486 e. The number of hydrogen-bond donors (Lipinski definition) is 1. The lowest BCUT2D eigenvalue weighted by Gasteiger charge is -2.18. The van der Waals surface area contributed by atoms with Gasteiger partial charge in [0.1, 0.15) is 18.9 Å². The third-order valence-corrected chi connectivity index (χ3v) is 3.69. The lowest BCUT2D eigenvalue weighted by Crippen LogP contribution is -2.15. The Balaban J connectivity index is 1.85. The van der Waals surface area contributed by atoms with Gasteiger partial charge in [0, 0.05) is 11.6 Å². The molecular weight excluding hydrogens is 344 g/mol. The number of nitro groups is 2. The zero-order chi connectivity index (χ0) is 18.7. The number of benzene rings is 2. The number of rotatable bonds is 5. The summed E-state index contributed by atoms with van der Waals surface area (Å²) in [6, 6.07) is 8.62. The molecule has 1 aliphatic heterocycles. The fourth-order valence-electron chi connectivity index (χ4n) is 2.36. The van der Waals surface area contributed by atoms with Crippen LogP contribution in [0.4, 0.5) is 17.1 Å². The minimum atomic E-state index is -0.704. The monoisotopic (exact) mass is 358 g/mol. The van der Waals surface area contributed by atoms with Crippen LogP contribution in [0.25, 0.3) is 0 Å². The molecule has 0 atom stereocenters. The van der Waals surface area contributed by atoms with Crippen molar-refractivity contribution < 1.29 is 19.3 Å². The molecule has 0 bridgehead atoms. The Morgan fingerprint density at radius 3 is 2.46 bits per heavy atom. The number of hydrogen-bond acceptors (Lipinski definition) is 8. The van der Waals surface area contributed by atoms with Gasteiger partial charge in [-0.25, -0.2) is 0 Å². The van der Waals surface area contributed by atoms with Crippen molar-refractivity contribution >= 4 is 22.8 Å². The Labute approximate surface area is 147 Å². The number of nitro benzene ring substituents is 2. The van der Waals surface area contributed by atoms with E-state index in [1.165, 1.54) is 12.1 Å². The van der Waals surface area contributed by atoms with Crippen LogP contribution >= 0.6 is 0 Å². The minimum absolute atomic E-state index is 0.0532. The van der Waals surface area contributed by atoms with E-state index >= 15 is 0 Å². The SMILES string of the molecule is CC(=NNc1ccc([N+](=O)[O-])cc1[N+](=O)[O-])c1ccc2c(c1)OCCO2. The normalized spacial score (nSPS) is 13.2. The summed E-state index contributed by atoms with van der Waals surface area (Å²) in [7, 11) is 0. The molecule has 134 valence electrons. The van der Waals surface area contributed by atoms with Crippen molar-refractivity contribution in [2.24, 2.45) is 5.10 Å². The number of fused-ring (bicyclic) bond motifs is 1. The van der Waals surface area contributed by atoms with Crippen molar-refractivity contribution in [2.45, 2.75) is 6.92 Å². The molecule has 2 aromatic rings. The lowest BCUT2D eigenvalue weighted by atomic mass is 10.1. The predicted molar refractivity (Wildman–Crippen MR) is 93.0 cm³/mol. The quantitative estimate of drug-likeness (QED) is 0.494. The first-order valence-electron chi connectivity index (χ1n) is 7.59. The second-order valence-electron chi connectivity index (χ2n) is 5.38. The van der Waals surface area contributed by atoms with Gasteiger partial charge in [-0.1, -0.05) is 0 Å². The van der Waals surface area contributed by atoms with E-state index in [0.29, 0.717) is 30.4 Å². The van der Waals surface area contributed by atoms with Crippen LogP contribution in [0.5, 0.6) is 11.5 Å². The Morgan fingerprint density at radius 1 is 1.04 bits per heavy atom. The van der Waals surface area contributed by atoms with E-state index in [1.807, 2.05) is 0 Å². The molecule has 10 heteroatoms. The van der Waals surface area contributed by atoms with E-state index < -0.39 is 15.5 Å². The molecule has 3 rings (SSSR count).